The van der Waals surface area contributed by atoms with Crippen LogP contribution in [-0.4, -0.2) is 19.0 Å². The number of rotatable bonds is 0. The van der Waals surface area contributed by atoms with Crippen LogP contribution >= 0.6 is 67.1 Å². The summed E-state index contributed by atoms with van der Waals surface area (Å²) in [5.74, 6) is 0. The van der Waals surface area contributed by atoms with Crippen molar-refractivity contribution < 1.29 is 9.49 Å². The summed E-state index contributed by atoms with van der Waals surface area (Å²) >= 11 is 7.39. The summed E-state index contributed by atoms with van der Waals surface area (Å²) in [6.45, 7) is 1.89. The van der Waals surface area contributed by atoms with E-state index in [2.05, 4.69) is 59.9 Å². The average molecular weight is 536 g/mol. The zero-order valence-electron chi connectivity index (χ0n) is 5.56. The summed E-state index contributed by atoms with van der Waals surface area (Å²) in [5, 5.41) is 0. The Balaban J connectivity index is 0.000000180. The molecule has 0 radical (unpaired) electrons. The van der Waals surface area contributed by atoms with E-state index >= 15 is 0 Å². The van der Waals surface area contributed by atoms with Crippen LogP contribution in [0, 0.1) is 0 Å². The second-order valence-corrected chi connectivity index (χ2v) is 41.1. The molecule has 0 N–H and O–H groups in total. The molecule has 1 aliphatic rings. The third kappa shape index (κ3) is 9.10. The number of hydrogen-bond donors (Lipinski definition) is 0. The maximum atomic E-state index is 10.7. The Bertz CT molecular complexity index is 130. The summed E-state index contributed by atoms with van der Waals surface area (Å²) in [4.78, 5) is -0.278. The molecule has 6 heteroatoms. The van der Waals surface area contributed by atoms with Gasteiger partial charge in [-0.05, 0) is 13.1 Å². The standard InChI is InChI=1S/C4H9OP.3HI.V/c1-6(5)3-2-4-6;;;;/h2-4H2,1H3;3*1H;/q;;;;+3/p-3. The van der Waals surface area contributed by atoms with Crippen LogP contribution in [0.3, 0.4) is 0 Å². The summed E-state index contributed by atoms with van der Waals surface area (Å²) in [6.07, 6.45) is 3.22. The Hall–Kier alpha value is 3.00. The topological polar surface area (TPSA) is 17.1 Å². The molecule has 0 aromatic rings. The average Bonchev–Trinajstić information content (AvgIpc) is 1.60. The van der Waals surface area contributed by atoms with Gasteiger partial charge in [0.25, 0.3) is 0 Å². The Morgan fingerprint density at radius 2 is 1.50 bits per heavy atom. The molecule has 62 valence electrons. The van der Waals surface area contributed by atoms with Crippen molar-refractivity contribution in [2.24, 2.45) is 0 Å². The van der Waals surface area contributed by atoms with Gasteiger partial charge in [0.1, 0.15) is 0 Å². The van der Waals surface area contributed by atoms with Crippen molar-refractivity contribution in [1.29, 1.82) is 0 Å². The molecule has 1 nitrogen and oxygen atoms in total. The van der Waals surface area contributed by atoms with E-state index in [4.69, 9.17) is 0 Å². The molecule has 1 fully saturated rings. The molecule has 0 atom stereocenters. The van der Waals surface area contributed by atoms with Crippen LogP contribution in [-0.2, 0) is 9.49 Å². The normalized spacial score (nSPS) is 20.9. The zero-order chi connectivity index (χ0) is 8.20. The van der Waals surface area contributed by atoms with Crippen molar-refractivity contribution in [2.75, 3.05) is 19.0 Å². The molecule has 0 saturated carbocycles. The van der Waals surface area contributed by atoms with Gasteiger partial charge in [0.05, 0.1) is 7.14 Å². The van der Waals surface area contributed by atoms with Crippen LogP contribution in [0.2, 0.25) is 0 Å². The molecule has 0 aromatic carbocycles. The molecular weight excluding hydrogens is 527 g/mol. The first kappa shape index (κ1) is 13.0. The first-order valence-corrected chi connectivity index (χ1v) is 18.8. The molecular formula is C4H9I3OPV. The van der Waals surface area contributed by atoms with Crippen molar-refractivity contribution in [3.63, 3.8) is 0 Å². The maximum absolute atomic E-state index is 10.7. The summed E-state index contributed by atoms with van der Waals surface area (Å²) in [7, 11) is -1.47. The molecule has 0 aromatic heterocycles. The van der Waals surface area contributed by atoms with Crippen LogP contribution in [0.1, 0.15) is 6.42 Å². The first-order valence-electron chi connectivity index (χ1n) is 2.77. The first-order chi connectivity index (χ1) is 4.44. The van der Waals surface area contributed by atoms with Gasteiger partial charge in [-0.1, -0.05) is 0 Å². The van der Waals surface area contributed by atoms with E-state index in [0.717, 1.165) is 12.3 Å². The predicted molar refractivity (Wildman–Crippen MR) is 69.9 cm³/mol. The molecule has 0 spiro atoms. The van der Waals surface area contributed by atoms with E-state index in [1.165, 1.54) is 6.42 Å². The summed E-state index contributed by atoms with van der Waals surface area (Å²) in [6, 6.07) is 0. The fraction of sp³-hybridized carbons (Fsp3) is 1.00. The third-order valence-corrected chi connectivity index (χ3v) is 3.79. The molecule has 1 aliphatic heterocycles. The molecule has 0 amide bonds. The molecule has 1 heterocycles. The fourth-order valence-corrected chi connectivity index (χ4v) is 1.81. The van der Waals surface area contributed by atoms with Gasteiger partial charge in [-0.2, -0.15) is 0 Å². The molecule has 10 heavy (non-hydrogen) atoms. The minimum absolute atomic E-state index is 0.278. The monoisotopic (exact) mass is 536 g/mol. The van der Waals surface area contributed by atoms with Crippen LogP contribution in [0.25, 0.3) is 0 Å². The van der Waals surface area contributed by atoms with Gasteiger partial charge in [-0.15, -0.1) is 0 Å². The predicted octanol–water partition coefficient (Wildman–Crippen LogP) is 4.04. The van der Waals surface area contributed by atoms with Gasteiger partial charge in [-0.25, -0.2) is 0 Å². The molecule has 0 aliphatic carbocycles. The Labute approximate surface area is 99.9 Å². The number of hydrogen-bond acceptors (Lipinski definition) is 1. The van der Waals surface area contributed by atoms with Gasteiger partial charge < -0.3 is 4.57 Å². The van der Waals surface area contributed by atoms with E-state index in [1.54, 1.807) is 0 Å². The second-order valence-electron chi connectivity index (χ2n) is 2.29. The summed E-state index contributed by atoms with van der Waals surface area (Å²) in [5.41, 5.74) is 0. The van der Waals surface area contributed by atoms with E-state index < -0.39 is 7.14 Å². The molecule has 1 saturated heterocycles. The Kier molecular flexibility index (Phi) is 8.40. The quantitative estimate of drug-likeness (QED) is 0.338. The van der Waals surface area contributed by atoms with Gasteiger partial charge in [0, 0.05) is 12.3 Å². The van der Waals surface area contributed by atoms with Crippen molar-refractivity contribution >= 4 is 67.1 Å². The Morgan fingerprint density at radius 1 is 1.30 bits per heavy atom. The second kappa shape index (κ2) is 6.46. The van der Waals surface area contributed by atoms with Gasteiger partial charge in [0.15, 0.2) is 0 Å². The third-order valence-electron chi connectivity index (χ3n) is 1.26. The van der Waals surface area contributed by atoms with E-state index in [1.807, 2.05) is 6.66 Å². The summed E-state index contributed by atoms with van der Waals surface area (Å²) < 4.78 is 10.7. The van der Waals surface area contributed by atoms with Gasteiger partial charge >= 0.3 is 64.9 Å². The van der Waals surface area contributed by atoms with Crippen LogP contribution in [0.5, 0.6) is 0 Å². The van der Waals surface area contributed by atoms with Crippen molar-refractivity contribution in [1.82, 2.24) is 0 Å². The van der Waals surface area contributed by atoms with Gasteiger partial charge in [0.2, 0.25) is 0 Å². The molecule has 1 rings (SSSR count). The SMILES string of the molecule is CP1(=O)CCC1.[I][V]([I])[I]. The fourth-order valence-electron chi connectivity index (χ4n) is 0.603. The molecule has 0 unspecified atom stereocenters. The number of halogens is 3. The van der Waals surface area contributed by atoms with Crippen molar-refractivity contribution in [2.45, 2.75) is 6.42 Å². The van der Waals surface area contributed by atoms with Gasteiger partial charge in [-0.3, -0.25) is 0 Å². The van der Waals surface area contributed by atoms with Crippen LogP contribution < -0.4 is 0 Å². The minimum atomic E-state index is -1.47. The van der Waals surface area contributed by atoms with Crippen molar-refractivity contribution in [3.05, 3.63) is 0 Å². The van der Waals surface area contributed by atoms with E-state index in [9.17, 15) is 4.57 Å². The van der Waals surface area contributed by atoms with E-state index in [0.29, 0.717) is 0 Å². The Morgan fingerprint density at radius 3 is 1.50 bits per heavy atom. The van der Waals surface area contributed by atoms with Crippen molar-refractivity contribution in [3.8, 4) is 0 Å². The van der Waals surface area contributed by atoms with Crippen LogP contribution in [0.15, 0.2) is 0 Å². The van der Waals surface area contributed by atoms with Crippen LogP contribution in [0.4, 0.5) is 0 Å². The van der Waals surface area contributed by atoms with E-state index in [-0.39, 0.29) is 4.92 Å². The molecule has 0 bridgehead atoms. The zero-order valence-corrected chi connectivity index (χ0v) is 14.3.